The highest BCUT2D eigenvalue weighted by Gasteiger charge is 2.43. The molecule has 0 aromatic heterocycles. The zero-order chi connectivity index (χ0) is 24.6. The lowest BCUT2D eigenvalue weighted by molar-refractivity contribution is -0.117. The number of carbonyl (C=O) groups is 1. The van der Waals surface area contributed by atoms with Gasteiger partial charge in [0, 0.05) is 17.2 Å². The molecule has 1 saturated heterocycles. The van der Waals surface area contributed by atoms with Gasteiger partial charge in [-0.1, -0.05) is 36.4 Å². The molecular weight excluding hydrogens is 473 g/mol. The number of ether oxygens (including phenoxy) is 2. The number of rotatable bonds is 8. The second-order valence-electron chi connectivity index (χ2n) is 8.85. The second kappa shape index (κ2) is 8.74. The lowest BCUT2D eigenvalue weighted by atomic mass is 10.1. The van der Waals surface area contributed by atoms with Crippen LogP contribution in [0.5, 0.6) is 11.5 Å². The predicted molar refractivity (Wildman–Crippen MR) is 126 cm³/mol. The van der Waals surface area contributed by atoms with Crippen LogP contribution in [-0.4, -0.2) is 27.5 Å². The standard InChI is InChI=1S/C25H22FN3O5S/c26-23-20-13-19(34-16-25(8-9-25)10-11-27)7-6-18(20)12-21(33-15-17-4-2-1-3-5-17)24(23)29-14-22(30)28-35(29,31)32/h1-7,12-13H,8-10,14-16H2,(H,28,30). The maximum atomic E-state index is 15.9. The van der Waals surface area contributed by atoms with E-state index in [0.29, 0.717) is 28.5 Å². The number of benzene rings is 3. The van der Waals surface area contributed by atoms with E-state index in [1.807, 2.05) is 35.1 Å². The number of amides is 1. The van der Waals surface area contributed by atoms with Gasteiger partial charge in [-0.2, -0.15) is 13.7 Å². The molecule has 10 heteroatoms. The molecule has 0 unspecified atom stereocenters. The van der Waals surface area contributed by atoms with Gasteiger partial charge in [-0.15, -0.1) is 0 Å². The van der Waals surface area contributed by atoms with Crippen LogP contribution in [0, 0.1) is 22.6 Å². The fourth-order valence-corrected chi connectivity index (χ4v) is 5.22. The van der Waals surface area contributed by atoms with Gasteiger partial charge in [0.25, 0.3) is 5.91 Å². The van der Waals surface area contributed by atoms with E-state index in [9.17, 15) is 13.2 Å². The summed E-state index contributed by atoms with van der Waals surface area (Å²) in [7, 11) is -4.27. The molecule has 2 aliphatic rings. The number of nitrogens with zero attached hydrogens (tertiary/aromatic N) is 2. The van der Waals surface area contributed by atoms with Gasteiger partial charge >= 0.3 is 10.2 Å². The van der Waals surface area contributed by atoms with E-state index in [1.165, 1.54) is 6.07 Å². The van der Waals surface area contributed by atoms with E-state index in [2.05, 4.69) is 6.07 Å². The van der Waals surface area contributed by atoms with Gasteiger partial charge in [-0.25, -0.2) is 13.4 Å². The molecule has 0 radical (unpaired) electrons. The van der Waals surface area contributed by atoms with E-state index in [1.54, 1.807) is 18.2 Å². The quantitative estimate of drug-likeness (QED) is 0.509. The largest absolute Gasteiger partial charge is 0.493 e. The molecule has 3 aromatic carbocycles. The van der Waals surface area contributed by atoms with E-state index in [-0.39, 0.29) is 28.8 Å². The number of halogens is 1. The van der Waals surface area contributed by atoms with Crippen molar-refractivity contribution in [2.75, 3.05) is 17.5 Å². The highest BCUT2D eigenvalue weighted by Crippen LogP contribution is 2.49. The third-order valence-electron chi connectivity index (χ3n) is 6.25. The molecule has 0 atom stereocenters. The minimum absolute atomic E-state index is 0.00134. The van der Waals surface area contributed by atoms with Crippen LogP contribution in [-0.2, 0) is 21.6 Å². The molecule has 180 valence electrons. The van der Waals surface area contributed by atoms with Crippen molar-refractivity contribution in [3.63, 3.8) is 0 Å². The van der Waals surface area contributed by atoms with Crippen LogP contribution in [0.3, 0.4) is 0 Å². The van der Waals surface area contributed by atoms with Gasteiger partial charge in [0.15, 0.2) is 5.82 Å². The van der Waals surface area contributed by atoms with Crippen LogP contribution in [0.2, 0.25) is 0 Å². The normalized spacial score (nSPS) is 17.6. The van der Waals surface area contributed by atoms with Crippen LogP contribution in [0.25, 0.3) is 10.8 Å². The van der Waals surface area contributed by atoms with Crippen molar-refractivity contribution >= 4 is 32.6 Å². The summed E-state index contributed by atoms with van der Waals surface area (Å²) in [6.45, 7) is -0.132. The van der Waals surface area contributed by atoms with Gasteiger partial charge in [-0.05, 0) is 42.0 Å². The lowest BCUT2D eigenvalue weighted by Crippen LogP contribution is -2.30. The monoisotopic (exact) mass is 495 g/mol. The van der Waals surface area contributed by atoms with Crippen molar-refractivity contribution < 1.29 is 27.1 Å². The molecule has 1 saturated carbocycles. The number of nitriles is 1. The van der Waals surface area contributed by atoms with Crippen molar-refractivity contribution in [3.8, 4) is 17.6 Å². The Balaban J connectivity index is 1.53. The summed E-state index contributed by atoms with van der Waals surface area (Å²) in [6, 6.07) is 17.8. The molecule has 35 heavy (non-hydrogen) atoms. The van der Waals surface area contributed by atoms with E-state index in [4.69, 9.17) is 14.7 Å². The average Bonchev–Trinajstić information content (AvgIpc) is 3.54. The minimum Gasteiger partial charge on any atom is -0.493 e. The predicted octanol–water partition coefficient (Wildman–Crippen LogP) is 3.81. The van der Waals surface area contributed by atoms with Crippen LogP contribution >= 0.6 is 0 Å². The lowest BCUT2D eigenvalue weighted by Gasteiger charge is -2.21. The number of anilines is 1. The first-order chi connectivity index (χ1) is 16.8. The first-order valence-corrected chi connectivity index (χ1v) is 12.5. The first-order valence-electron chi connectivity index (χ1n) is 11.1. The number of fused-ring (bicyclic) bond motifs is 1. The van der Waals surface area contributed by atoms with Gasteiger partial charge in [-0.3, -0.25) is 4.79 Å². The summed E-state index contributed by atoms with van der Waals surface area (Å²) in [6.07, 6.45) is 2.21. The third kappa shape index (κ3) is 4.59. The molecule has 1 N–H and O–H groups in total. The maximum Gasteiger partial charge on any atom is 0.326 e. The van der Waals surface area contributed by atoms with Crippen molar-refractivity contribution in [2.24, 2.45) is 5.41 Å². The van der Waals surface area contributed by atoms with Crippen molar-refractivity contribution in [3.05, 3.63) is 66.0 Å². The summed E-state index contributed by atoms with van der Waals surface area (Å²) in [5.74, 6) is -1.20. The highest BCUT2D eigenvalue weighted by molar-refractivity contribution is 7.92. The minimum atomic E-state index is -4.27. The highest BCUT2D eigenvalue weighted by atomic mass is 32.2. The molecule has 1 heterocycles. The summed E-state index contributed by atoms with van der Waals surface area (Å²) in [5.41, 5.74) is 0.317. The number of hydrogen-bond donors (Lipinski definition) is 1. The summed E-state index contributed by atoms with van der Waals surface area (Å²) in [4.78, 5) is 11.9. The third-order valence-corrected chi connectivity index (χ3v) is 7.63. The topological polar surface area (TPSA) is 109 Å². The van der Waals surface area contributed by atoms with Gasteiger partial charge in [0.1, 0.15) is 30.3 Å². The molecular formula is C25H22FN3O5S. The van der Waals surface area contributed by atoms with Crippen LogP contribution < -0.4 is 18.5 Å². The van der Waals surface area contributed by atoms with E-state index >= 15 is 4.39 Å². The Morgan fingerprint density at radius 1 is 1.11 bits per heavy atom. The Hall–Kier alpha value is -3.84. The Bertz CT molecular complexity index is 1450. The van der Waals surface area contributed by atoms with E-state index < -0.39 is 28.5 Å². The summed E-state index contributed by atoms with van der Waals surface area (Å²) < 4.78 is 55.3. The SMILES string of the molecule is N#CCC1(COc2ccc3cc(OCc4ccccc4)c(N4CC(=O)NS4(=O)=O)c(F)c3c2)CC1. The Morgan fingerprint density at radius 3 is 2.54 bits per heavy atom. The smallest absolute Gasteiger partial charge is 0.326 e. The Labute approximate surface area is 202 Å². The van der Waals surface area contributed by atoms with Crippen LogP contribution in [0.15, 0.2) is 54.6 Å². The van der Waals surface area contributed by atoms with E-state index in [0.717, 1.165) is 18.4 Å². The fraction of sp³-hybridized carbons (Fsp3) is 0.280. The molecule has 8 nitrogen and oxygen atoms in total. The van der Waals surface area contributed by atoms with Crippen molar-refractivity contribution in [1.29, 1.82) is 5.26 Å². The fourth-order valence-electron chi connectivity index (χ4n) is 4.06. The van der Waals surface area contributed by atoms with Crippen LogP contribution in [0.4, 0.5) is 10.1 Å². The molecule has 2 fully saturated rings. The molecule has 1 amide bonds. The maximum absolute atomic E-state index is 15.9. The van der Waals surface area contributed by atoms with Crippen molar-refractivity contribution in [1.82, 2.24) is 4.72 Å². The Kier molecular flexibility index (Phi) is 5.73. The molecule has 1 aliphatic heterocycles. The summed E-state index contributed by atoms with van der Waals surface area (Å²) >= 11 is 0. The molecule has 0 bridgehead atoms. The molecule has 1 aliphatic carbocycles. The molecule has 3 aromatic rings. The molecule has 0 spiro atoms. The Morgan fingerprint density at radius 2 is 1.89 bits per heavy atom. The number of hydrogen-bond acceptors (Lipinski definition) is 6. The van der Waals surface area contributed by atoms with Crippen LogP contribution in [0.1, 0.15) is 24.8 Å². The average molecular weight is 496 g/mol. The zero-order valence-electron chi connectivity index (χ0n) is 18.7. The number of carbonyl (C=O) groups excluding carboxylic acids is 1. The molecule has 5 rings (SSSR count). The van der Waals surface area contributed by atoms with Gasteiger partial charge < -0.3 is 9.47 Å². The van der Waals surface area contributed by atoms with Gasteiger partial charge in [0.05, 0.1) is 12.7 Å². The summed E-state index contributed by atoms with van der Waals surface area (Å²) in [5, 5.41) is 9.62. The first kappa shape index (κ1) is 22.9. The second-order valence-corrected chi connectivity index (χ2v) is 10.5. The zero-order valence-corrected chi connectivity index (χ0v) is 19.5. The number of nitrogens with one attached hydrogen (secondary N) is 1. The van der Waals surface area contributed by atoms with Gasteiger partial charge in [0.2, 0.25) is 0 Å². The van der Waals surface area contributed by atoms with Crippen molar-refractivity contribution in [2.45, 2.75) is 25.9 Å².